The maximum absolute atomic E-state index is 6.86. The van der Waals surface area contributed by atoms with Gasteiger partial charge in [-0.05, 0) is 50.1 Å². The zero-order chi connectivity index (χ0) is 18.0. The van der Waals surface area contributed by atoms with Gasteiger partial charge in [0.1, 0.15) is 0 Å². The van der Waals surface area contributed by atoms with E-state index in [4.69, 9.17) is 17.1 Å². The fourth-order valence-electron chi connectivity index (χ4n) is 3.02. The van der Waals surface area contributed by atoms with Gasteiger partial charge in [-0.25, -0.2) is 0 Å². The quantitative estimate of drug-likeness (QED) is 0.371. The van der Waals surface area contributed by atoms with Crippen molar-refractivity contribution in [3.05, 3.63) is 0 Å². The Labute approximate surface area is 148 Å². The molecule has 0 aliphatic heterocycles. The van der Waals surface area contributed by atoms with Gasteiger partial charge in [-0.15, -0.1) is 0 Å². The maximum Gasteiger partial charge on any atom is 0.328 e. The van der Waals surface area contributed by atoms with Gasteiger partial charge in [0.2, 0.25) is 0 Å². The average molecular weight is 381 g/mol. The molecule has 0 aromatic carbocycles. The van der Waals surface area contributed by atoms with Gasteiger partial charge in [0.05, 0.1) is 0 Å². The second-order valence-corrected chi connectivity index (χ2v) is 17.8. The van der Waals surface area contributed by atoms with Crippen molar-refractivity contribution in [3.8, 4) is 0 Å². The van der Waals surface area contributed by atoms with Crippen LogP contribution in [0.1, 0.15) is 55.4 Å². The molecule has 0 aliphatic carbocycles. The van der Waals surface area contributed by atoms with Crippen molar-refractivity contribution in [1.82, 2.24) is 0 Å². The Morgan fingerprint density at radius 2 is 0.696 bits per heavy atom. The number of hydrogen-bond acceptors (Lipinski definition) is 4. The van der Waals surface area contributed by atoms with E-state index in [1.807, 2.05) is 0 Å². The van der Waals surface area contributed by atoms with E-state index in [1.165, 1.54) is 0 Å². The zero-order valence-corrected chi connectivity index (χ0v) is 19.8. The Bertz CT molecular complexity index is 278. The molecular formula is C16H40O4Si3. The lowest BCUT2D eigenvalue weighted by Crippen LogP contribution is -2.60. The third kappa shape index (κ3) is 6.37. The second-order valence-electron chi connectivity index (χ2n) is 5.92. The Balaban J connectivity index is 5.54. The van der Waals surface area contributed by atoms with Crippen LogP contribution in [0.15, 0.2) is 0 Å². The molecule has 0 heterocycles. The summed E-state index contributed by atoms with van der Waals surface area (Å²) in [5.74, 6) is 0. The molecule has 0 atom stereocenters. The normalized spacial score (nSPS) is 13.6. The van der Waals surface area contributed by atoms with Crippen LogP contribution in [0.3, 0.4) is 0 Å². The predicted octanol–water partition coefficient (Wildman–Crippen LogP) is 5.54. The van der Waals surface area contributed by atoms with Crippen LogP contribution in [0, 0.1) is 0 Å². The fourth-order valence-corrected chi connectivity index (χ4v) is 17.4. The Kier molecular flexibility index (Phi) is 11.4. The smallest absolute Gasteiger partial charge is 0.328 e. The summed E-state index contributed by atoms with van der Waals surface area (Å²) in [5, 5.41) is 0. The van der Waals surface area contributed by atoms with E-state index < -0.39 is 25.7 Å². The lowest BCUT2D eigenvalue weighted by atomic mass is 10.9. The molecule has 0 aliphatic rings. The third-order valence-electron chi connectivity index (χ3n) is 4.79. The van der Waals surface area contributed by atoms with Gasteiger partial charge in [0.15, 0.2) is 0 Å². The largest absolute Gasteiger partial charge is 0.415 e. The highest BCUT2D eigenvalue weighted by atomic mass is 28.5. The highest BCUT2D eigenvalue weighted by Crippen LogP contribution is 2.33. The molecule has 0 amide bonds. The molecule has 0 fully saturated rings. The van der Waals surface area contributed by atoms with Crippen LogP contribution in [0.2, 0.25) is 36.3 Å². The van der Waals surface area contributed by atoms with Gasteiger partial charge in [0.25, 0.3) is 0 Å². The van der Waals surface area contributed by atoms with Crippen LogP contribution in [0.5, 0.6) is 0 Å². The minimum absolute atomic E-state index is 0.724. The molecule has 0 spiro atoms. The molecule has 0 radical (unpaired) electrons. The molecule has 140 valence electrons. The van der Waals surface area contributed by atoms with Crippen molar-refractivity contribution in [2.24, 2.45) is 0 Å². The van der Waals surface area contributed by atoms with Gasteiger partial charge in [-0.1, -0.05) is 41.5 Å². The average Bonchev–Trinajstić information content (AvgIpc) is 2.60. The minimum atomic E-state index is -2.30. The van der Waals surface area contributed by atoms with Crippen molar-refractivity contribution in [3.63, 3.8) is 0 Å². The molecule has 23 heavy (non-hydrogen) atoms. The van der Waals surface area contributed by atoms with E-state index in [1.54, 1.807) is 0 Å². The highest BCUT2D eigenvalue weighted by Gasteiger charge is 2.50. The molecule has 7 heteroatoms. The van der Waals surface area contributed by atoms with Crippen LogP contribution < -0.4 is 0 Å². The van der Waals surface area contributed by atoms with Crippen molar-refractivity contribution >= 4 is 25.7 Å². The van der Waals surface area contributed by atoms with Crippen molar-refractivity contribution < 1.29 is 17.1 Å². The molecule has 0 aromatic heterocycles. The number of rotatable bonds is 14. The molecule has 0 saturated carbocycles. The SMILES string of the molecule is CCO[Si](CC)(CC)O[Si](CC)(CC)O[Si](CC)(CC)OCC. The molecule has 4 nitrogen and oxygen atoms in total. The molecular weight excluding hydrogens is 340 g/mol. The first-order valence-corrected chi connectivity index (χ1v) is 16.3. The molecule has 0 unspecified atom stereocenters. The molecule has 0 N–H and O–H groups in total. The van der Waals surface area contributed by atoms with Crippen LogP contribution in [0.25, 0.3) is 0 Å². The Morgan fingerprint density at radius 1 is 0.435 bits per heavy atom. The van der Waals surface area contributed by atoms with E-state index in [-0.39, 0.29) is 0 Å². The highest BCUT2D eigenvalue weighted by molar-refractivity contribution is 6.86. The minimum Gasteiger partial charge on any atom is -0.415 e. The van der Waals surface area contributed by atoms with E-state index >= 15 is 0 Å². The number of hydrogen-bond donors (Lipinski definition) is 0. The van der Waals surface area contributed by atoms with Gasteiger partial charge in [-0.2, -0.15) is 0 Å². The van der Waals surface area contributed by atoms with Crippen molar-refractivity contribution in [2.75, 3.05) is 13.2 Å². The zero-order valence-electron chi connectivity index (χ0n) is 16.8. The summed E-state index contributed by atoms with van der Waals surface area (Å²) in [6.45, 7) is 18.8. The van der Waals surface area contributed by atoms with E-state index in [0.717, 1.165) is 49.5 Å². The van der Waals surface area contributed by atoms with Gasteiger partial charge >= 0.3 is 25.7 Å². The van der Waals surface area contributed by atoms with E-state index in [9.17, 15) is 0 Å². The summed E-state index contributed by atoms with van der Waals surface area (Å²) in [5.41, 5.74) is 0. The first-order valence-electron chi connectivity index (χ1n) is 9.58. The summed E-state index contributed by atoms with van der Waals surface area (Å²) in [6, 6.07) is 5.86. The molecule has 0 saturated heterocycles. The maximum atomic E-state index is 6.86. The monoisotopic (exact) mass is 380 g/mol. The van der Waals surface area contributed by atoms with Crippen molar-refractivity contribution in [2.45, 2.75) is 91.7 Å². The first kappa shape index (κ1) is 23.5. The standard InChI is InChI=1S/C16H40O4Si3/c1-9-17-21(11-3,12-4)19-23(15-7,16-8)20-22(13-5,14-6)18-10-2/h9-16H2,1-8H3. The summed E-state index contributed by atoms with van der Waals surface area (Å²) < 4.78 is 26.1. The lowest BCUT2D eigenvalue weighted by Gasteiger charge is -2.44. The predicted molar refractivity (Wildman–Crippen MR) is 106 cm³/mol. The summed E-state index contributed by atoms with van der Waals surface area (Å²) in [7, 11) is -6.63. The van der Waals surface area contributed by atoms with E-state index in [0.29, 0.717) is 0 Å². The summed E-state index contributed by atoms with van der Waals surface area (Å²) in [6.07, 6.45) is 0. The topological polar surface area (TPSA) is 36.9 Å². The second kappa shape index (κ2) is 11.2. The van der Waals surface area contributed by atoms with Crippen LogP contribution in [-0.2, 0) is 17.1 Å². The Morgan fingerprint density at radius 3 is 0.870 bits per heavy atom. The summed E-state index contributed by atoms with van der Waals surface area (Å²) >= 11 is 0. The van der Waals surface area contributed by atoms with Crippen LogP contribution in [0.4, 0.5) is 0 Å². The third-order valence-corrected chi connectivity index (χ3v) is 18.8. The molecule has 0 bridgehead atoms. The van der Waals surface area contributed by atoms with Gasteiger partial charge in [0, 0.05) is 13.2 Å². The fraction of sp³-hybridized carbons (Fsp3) is 1.00. The van der Waals surface area contributed by atoms with Gasteiger partial charge in [-0.3, -0.25) is 0 Å². The molecule has 0 aromatic rings. The van der Waals surface area contributed by atoms with Crippen molar-refractivity contribution in [1.29, 1.82) is 0 Å². The van der Waals surface area contributed by atoms with Gasteiger partial charge < -0.3 is 17.1 Å². The summed E-state index contributed by atoms with van der Waals surface area (Å²) in [4.78, 5) is 0. The van der Waals surface area contributed by atoms with Crippen LogP contribution >= 0.6 is 0 Å². The Hall–Kier alpha value is 0.491. The lowest BCUT2D eigenvalue weighted by molar-refractivity contribution is 0.197. The van der Waals surface area contributed by atoms with E-state index in [2.05, 4.69) is 55.4 Å². The van der Waals surface area contributed by atoms with Crippen LogP contribution in [-0.4, -0.2) is 38.9 Å². The molecule has 0 rings (SSSR count). The first-order chi connectivity index (χ1) is 10.9.